The van der Waals surface area contributed by atoms with Gasteiger partial charge in [-0.1, -0.05) is 17.7 Å². The number of nitrogens with zero attached hydrogens (tertiary/aromatic N) is 2. The number of hydrogen-bond donors (Lipinski definition) is 1. The molecule has 0 heterocycles. The Bertz CT molecular complexity index is 654. The predicted molar refractivity (Wildman–Crippen MR) is 73.9 cm³/mol. The number of benzene rings is 2. The average Bonchev–Trinajstić information content (AvgIpc) is 2.41. The number of carbonyl (C=O) groups is 1. The lowest BCUT2D eigenvalue weighted by molar-refractivity contribution is 0.112. The van der Waals surface area contributed by atoms with Gasteiger partial charge in [0.2, 0.25) is 0 Å². The van der Waals surface area contributed by atoms with Gasteiger partial charge in [-0.05, 0) is 42.8 Å². The first-order chi connectivity index (χ1) is 9.10. The second-order valence-electron chi connectivity index (χ2n) is 3.99. The summed E-state index contributed by atoms with van der Waals surface area (Å²) in [6.07, 6.45) is 0.567. The summed E-state index contributed by atoms with van der Waals surface area (Å²) in [6, 6.07) is 9.79. The second-order valence-corrected chi connectivity index (χ2v) is 4.40. The van der Waals surface area contributed by atoms with E-state index in [1.54, 1.807) is 18.2 Å². The third-order valence-electron chi connectivity index (χ3n) is 2.57. The molecule has 0 saturated heterocycles. The van der Waals surface area contributed by atoms with Crippen molar-refractivity contribution in [1.82, 2.24) is 0 Å². The van der Waals surface area contributed by atoms with E-state index < -0.39 is 0 Å². The van der Waals surface area contributed by atoms with Gasteiger partial charge in [0.05, 0.1) is 16.9 Å². The quantitative estimate of drug-likeness (QED) is 0.657. The Morgan fingerprint density at radius 3 is 2.37 bits per heavy atom. The Labute approximate surface area is 115 Å². The van der Waals surface area contributed by atoms with Gasteiger partial charge < -0.3 is 5.11 Å². The zero-order valence-corrected chi connectivity index (χ0v) is 10.9. The van der Waals surface area contributed by atoms with Crippen LogP contribution < -0.4 is 0 Å². The first kappa shape index (κ1) is 13.2. The molecule has 2 aromatic carbocycles. The third-order valence-corrected chi connectivity index (χ3v) is 2.98. The van der Waals surface area contributed by atoms with E-state index in [1.807, 2.05) is 13.0 Å². The molecule has 96 valence electrons. The van der Waals surface area contributed by atoms with Crippen LogP contribution in [0.1, 0.15) is 15.9 Å². The maximum absolute atomic E-state index is 10.7. The van der Waals surface area contributed by atoms with Crippen LogP contribution >= 0.6 is 11.6 Å². The van der Waals surface area contributed by atoms with Crippen molar-refractivity contribution in [1.29, 1.82) is 0 Å². The summed E-state index contributed by atoms with van der Waals surface area (Å²) in [4.78, 5) is 10.7. The highest BCUT2D eigenvalue weighted by molar-refractivity contribution is 6.31. The average molecular weight is 275 g/mol. The van der Waals surface area contributed by atoms with E-state index in [1.165, 1.54) is 12.1 Å². The SMILES string of the molecule is Cc1ccc(N=Nc2ccc(O)c(C=O)c2)cc1Cl. The summed E-state index contributed by atoms with van der Waals surface area (Å²) in [5.74, 6) is -0.0765. The van der Waals surface area contributed by atoms with Crippen LogP contribution in [-0.2, 0) is 0 Å². The fraction of sp³-hybridized carbons (Fsp3) is 0.0714. The van der Waals surface area contributed by atoms with Crippen molar-refractivity contribution >= 4 is 29.3 Å². The molecule has 0 unspecified atom stereocenters. The number of phenolic OH excluding ortho intramolecular Hbond substituents is 1. The molecule has 0 radical (unpaired) electrons. The monoisotopic (exact) mass is 274 g/mol. The summed E-state index contributed by atoms with van der Waals surface area (Å²) < 4.78 is 0. The van der Waals surface area contributed by atoms with Gasteiger partial charge in [0.25, 0.3) is 0 Å². The molecule has 19 heavy (non-hydrogen) atoms. The van der Waals surface area contributed by atoms with Crippen LogP contribution in [-0.4, -0.2) is 11.4 Å². The molecule has 1 N–H and O–H groups in total. The van der Waals surface area contributed by atoms with Gasteiger partial charge in [-0.25, -0.2) is 0 Å². The smallest absolute Gasteiger partial charge is 0.153 e. The molecule has 0 aromatic heterocycles. The lowest BCUT2D eigenvalue weighted by Gasteiger charge is -1.99. The molecular formula is C14H11ClN2O2. The van der Waals surface area contributed by atoms with Crippen LogP contribution in [0.5, 0.6) is 5.75 Å². The molecule has 0 spiro atoms. The largest absolute Gasteiger partial charge is 0.507 e. The molecule has 0 amide bonds. The van der Waals surface area contributed by atoms with Gasteiger partial charge in [0.1, 0.15) is 5.75 Å². The van der Waals surface area contributed by atoms with E-state index in [0.717, 1.165) is 5.56 Å². The second kappa shape index (κ2) is 5.63. The standard InChI is InChI=1S/C14H11ClN2O2/c1-9-2-3-12(7-13(9)15)17-16-11-4-5-14(19)10(6-11)8-18/h2-8,19H,1H3. The zero-order valence-electron chi connectivity index (χ0n) is 10.2. The Morgan fingerprint density at radius 2 is 1.74 bits per heavy atom. The Balaban J connectivity index is 2.27. The summed E-state index contributed by atoms with van der Waals surface area (Å²) in [5, 5.41) is 18.0. The van der Waals surface area contributed by atoms with Gasteiger partial charge in [0.15, 0.2) is 6.29 Å². The van der Waals surface area contributed by atoms with Gasteiger partial charge in [-0.3, -0.25) is 4.79 Å². The van der Waals surface area contributed by atoms with Crippen LogP contribution in [0.15, 0.2) is 46.6 Å². The summed E-state index contributed by atoms with van der Waals surface area (Å²) >= 11 is 5.98. The van der Waals surface area contributed by atoms with Gasteiger partial charge in [0, 0.05) is 5.02 Å². The Kier molecular flexibility index (Phi) is 3.92. The Morgan fingerprint density at radius 1 is 1.11 bits per heavy atom. The highest BCUT2D eigenvalue weighted by atomic mass is 35.5. The molecule has 4 nitrogen and oxygen atoms in total. The van der Waals surface area contributed by atoms with E-state index in [0.29, 0.717) is 22.7 Å². The number of halogens is 1. The first-order valence-corrected chi connectivity index (χ1v) is 5.94. The van der Waals surface area contributed by atoms with E-state index in [9.17, 15) is 9.90 Å². The number of rotatable bonds is 3. The van der Waals surface area contributed by atoms with Gasteiger partial charge >= 0.3 is 0 Å². The van der Waals surface area contributed by atoms with Crippen molar-refractivity contribution < 1.29 is 9.90 Å². The molecule has 0 bridgehead atoms. The number of carbonyl (C=O) groups excluding carboxylic acids is 1. The fourth-order valence-electron chi connectivity index (χ4n) is 1.46. The van der Waals surface area contributed by atoms with E-state index in [-0.39, 0.29) is 11.3 Å². The van der Waals surface area contributed by atoms with Crippen LogP contribution in [0.4, 0.5) is 11.4 Å². The van der Waals surface area contributed by atoms with E-state index >= 15 is 0 Å². The highest BCUT2D eigenvalue weighted by Crippen LogP contribution is 2.26. The lowest BCUT2D eigenvalue weighted by atomic mass is 10.2. The van der Waals surface area contributed by atoms with E-state index in [4.69, 9.17) is 11.6 Å². The van der Waals surface area contributed by atoms with Crippen molar-refractivity contribution in [3.8, 4) is 5.75 Å². The number of phenols is 1. The van der Waals surface area contributed by atoms with Crippen molar-refractivity contribution in [2.45, 2.75) is 6.92 Å². The van der Waals surface area contributed by atoms with Crippen LogP contribution in [0.25, 0.3) is 0 Å². The maximum atomic E-state index is 10.7. The molecule has 0 aliphatic carbocycles. The number of aldehydes is 1. The van der Waals surface area contributed by atoms with Crippen molar-refractivity contribution in [2.24, 2.45) is 10.2 Å². The summed E-state index contributed by atoms with van der Waals surface area (Å²) in [7, 11) is 0. The molecule has 2 rings (SSSR count). The zero-order chi connectivity index (χ0) is 13.8. The Hall–Kier alpha value is -2.20. The fourth-order valence-corrected chi connectivity index (χ4v) is 1.63. The topological polar surface area (TPSA) is 62.0 Å². The molecular weight excluding hydrogens is 264 g/mol. The molecule has 5 heteroatoms. The summed E-state index contributed by atoms with van der Waals surface area (Å²) in [5.41, 5.74) is 2.25. The lowest BCUT2D eigenvalue weighted by Crippen LogP contribution is -1.79. The molecule has 0 aliphatic rings. The molecule has 0 saturated carbocycles. The van der Waals surface area contributed by atoms with Gasteiger partial charge in [-0.2, -0.15) is 10.2 Å². The molecule has 0 atom stereocenters. The molecule has 0 aliphatic heterocycles. The summed E-state index contributed by atoms with van der Waals surface area (Å²) in [6.45, 7) is 1.90. The van der Waals surface area contributed by atoms with Crippen molar-refractivity contribution in [2.75, 3.05) is 0 Å². The molecule has 0 fully saturated rings. The number of azo groups is 1. The molecule has 2 aromatic rings. The minimum absolute atomic E-state index is 0.0765. The number of hydrogen-bond acceptors (Lipinski definition) is 4. The van der Waals surface area contributed by atoms with Crippen LogP contribution in [0.3, 0.4) is 0 Å². The van der Waals surface area contributed by atoms with Crippen LogP contribution in [0, 0.1) is 6.92 Å². The number of aromatic hydroxyl groups is 1. The normalized spacial score (nSPS) is 10.8. The van der Waals surface area contributed by atoms with Gasteiger partial charge in [-0.15, -0.1) is 0 Å². The first-order valence-electron chi connectivity index (χ1n) is 5.56. The highest BCUT2D eigenvalue weighted by Gasteiger charge is 2.01. The minimum atomic E-state index is -0.0765. The van der Waals surface area contributed by atoms with E-state index in [2.05, 4.69) is 10.2 Å². The van der Waals surface area contributed by atoms with Crippen molar-refractivity contribution in [3.05, 3.63) is 52.5 Å². The van der Waals surface area contributed by atoms with Crippen molar-refractivity contribution in [3.63, 3.8) is 0 Å². The predicted octanol–water partition coefficient (Wildman–Crippen LogP) is 4.58. The third kappa shape index (κ3) is 3.17. The number of aryl methyl sites for hydroxylation is 1. The maximum Gasteiger partial charge on any atom is 0.153 e. The van der Waals surface area contributed by atoms with Crippen LogP contribution in [0.2, 0.25) is 5.02 Å². The minimum Gasteiger partial charge on any atom is -0.507 e.